The van der Waals surface area contributed by atoms with Gasteiger partial charge in [0.05, 0.1) is 6.10 Å². The van der Waals surface area contributed by atoms with Crippen LogP contribution in [0.1, 0.15) is 52.4 Å². The van der Waals surface area contributed by atoms with Crippen molar-refractivity contribution in [2.45, 2.75) is 104 Å². The fourth-order valence-electron chi connectivity index (χ4n) is 2.16. The summed E-state index contributed by atoms with van der Waals surface area (Å²) in [6, 6.07) is 0. The van der Waals surface area contributed by atoms with E-state index in [1.54, 1.807) is 0 Å². The predicted octanol–water partition coefficient (Wildman–Crippen LogP) is 5.74. The lowest BCUT2D eigenvalue weighted by atomic mass is 10.0. The van der Waals surface area contributed by atoms with Crippen LogP contribution in [-0.4, -0.2) is 28.8 Å². The van der Waals surface area contributed by atoms with Crippen molar-refractivity contribution in [1.82, 2.24) is 0 Å². The minimum atomic E-state index is -1.66. The number of unbranched alkanes of at least 4 members (excludes halogenated alkanes) is 2. The monoisotopic (exact) mass is 334 g/mol. The quantitative estimate of drug-likeness (QED) is 0.197. The Morgan fingerprint density at radius 2 is 1.33 bits per heavy atom. The Bertz CT molecular complexity index is 259. The van der Waals surface area contributed by atoms with Gasteiger partial charge in [0.2, 0.25) is 8.32 Å². The molecule has 21 heavy (non-hydrogen) atoms. The zero-order valence-electron chi connectivity index (χ0n) is 15.6. The van der Waals surface area contributed by atoms with Crippen molar-refractivity contribution in [3.63, 3.8) is 0 Å². The predicted molar refractivity (Wildman–Crippen MR) is 96.6 cm³/mol. The van der Waals surface area contributed by atoms with Gasteiger partial charge in [0.15, 0.2) is 8.32 Å². The van der Waals surface area contributed by atoms with Crippen LogP contribution >= 0.6 is 0 Å². The molecule has 0 fully saturated rings. The van der Waals surface area contributed by atoms with Gasteiger partial charge in [-0.1, -0.05) is 39.5 Å². The smallest absolute Gasteiger partial charge is 0.230 e. The van der Waals surface area contributed by atoms with Crippen LogP contribution < -0.4 is 0 Å². The van der Waals surface area contributed by atoms with Crippen LogP contribution in [0, 0.1) is 0 Å². The molecule has 128 valence electrons. The Labute approximate surface area is 134 Å². The number of hydrogen-bond acceptors (Lipinski definition) is 3. The standard InChI is InChI=1S/C16H38O3Si2/c1-9-11-12-14-15(17-19-21(6,7)8)16(13-10-2)18-20(3,4)5/h15-16H,9-14H2,1-8H3. The Morgan fingerprint density at radius 3 is 1.76 bits per heavy atom. The lowest BCUT2D eigenvalue weighted by Crippen LogP contribution is -2.42. The van der Waals surface area contributed by atoms with E-state index >= 15 is 0 Å². The van der Waals surface area contributed by atoms with Crippen LogP contribution in [0.5, 0.6) is 0 Å². The van der Waals surface area contributed by atoms with Crippen molar-refractivity contribution in [2.24, 2.45) is 0 Å². The van der Waals surface area contributed by atoms with Crippen molar-refractivity contribution in [2.75, 3.05) is 0 Å². The third kappa shape index (κ3) is 12.5. The Kier molecular flexibility index (Phi) is 10.3. The summed E-state index contributed by atoms with van der Waals surface area (Å²) in [5.41, 5.74) is 0. The first-order valence-electron chi connectivity index (χ1n) is 8.61. The van der Waals surface area contributed by atoms with Crippen molar-refractivity contribution < 1.29 is 13.9 Å². The third-order valence-electron chi connectivity index (χ3n) is 3.01. The van der Waals surface area contributed by atoms with E-state index in [1.165, 1.54) is 19.3 Å². The Morgan fingerprint density at radius 1 is 0.714 bits per heavy atom. The molecule has 0 saturated carbocycles. The highest BCUT2D eigenvalue weighted by molar-refractivity contribution is 6.70. The Hall–Kier alpha value is 0.314. The van der Waals surface area contributed by atoms with Crippen molar-refractivity contribution in [3.05, 3.63) is 0 Å². The van der Waals surface area contributed by atoms with Crippen LogP contribution in [-0.2, 0) is 13.9 Å². The molecule has 2 atom stereocenters. The second kappa shape index (κ2) is 10.2. The molecular formula is C16H38O3Si2. The summed E-state index contributed by atoms with van der Waals surface area (Å²) in [6.45, 7) is 17.7. The van der Waals surface area contributed by atoms with E-state index in [0.717, 1.165) is 19.3 Å². The van der Waals surface area contributed by atoms with Crippen LogP contribution in [0.4, 0.5) is 0 Å². The summed E-state index contributed by atoms with van der Waals surface area (Å²) >= 11 is 0. The molecule has 0 aliphatic carbocycles. The van der Waals surface area contributed by atoms with E-state index in [9.17, 15) is 0 Å². The van der Waals surface area contributed by atoms with Crippen LogP contribution in [0.3, 0.4) is 0 Å². The van der Waals surface area contributed by atoms with Crippen LogP contribution in [0.25, 0.3) is 0 Å². The average molecular weight is 335 g/mol. The minimum Gasteiger partial charge on any atom is -0.412 e. The molecular weight excluding hydrogens is 296 g/mol. The molecule has 0 rings (SSSR count). The van der Waals surface area contributed by atoms with Crippen molar-refractivity contribution >= 4 is 16.6 Å². The fraction of sp³-hybridized carbons (Fsp3) is 1.00. The highest BCUT2D eigenvalue weighted by Gasteiger charge is 2.30. The second-order valence-electron chi connectivity index (χ2n) is 7.88. The van der Waals surface area contributed by atoms with E-state index in [2.05, 4.69) is 53.1 Å². The van der Waals surface area contributed by atoms with Crippen LogP contribution in [0.15, 0.2) is 0 Å². The van der Waals surface area contributed by atoms with E-state index in [0.29, 0.717) is 0 Å². The number of rotatable bonds is 12. The molecule has 0 aromatic rings. The van der Waals surface area contributed by atoms with Gasteiger partial charge in [0, 0.05) is 0 Å². The van der Waals surface area contributed by atoms with Gasteiger partial charge < -0.3 is 4.43 Å². The van der Waals surface area contributed by atoms with Gasteiger partial charge in [-0.3, -0.25) is 4.58 Å². The molecule has 3 nitrogen and oxygen atoms in total. The molecule has 2 unspecified atom stereocenters. The second-order valence-corrected chi connectivity index (χ2v) is 16.7. The minimum absolute atomic E-state index is 0.0787. The maximum atomic E-state index is 6.39. The highest BCUT2D eigenvalue weighted by Crippen LogP contribution is 2.22. The normalized spacial score (nSPS) is 16.0. The lowest BCUT2D eigenvalue weighted by molar-refractivity contribution is -0.275. The van der Waals surface area contributed by atoms with Gasteiger partial charge in [0.1, 0.15) is 6.10 Å². The maximum absolute atomic E-state index is 6.39. The summed E-state index contributed by atoms with van der Waals surface area (Å²) in [4.78, 5) is 5.87. The van der Waals surface area contributed by atoms with Crippen LogP contribution in [0.2, 0.25) is 39.3 Å². The summed E-state index contributed by atoms with van der Waals surface area (Å²) < 4.78 is 12.1. The van der Waals surface area contributed by atoms with Gasteiger partial charge in [0.25, 0.3) is 0 Å². The summed E-state index contributed by atoms with van der Waals surface area (Å²) in [6.07, 6.45) is 7.13. The highest BCUT2D eigenvalue weighted by atomic mass is 28.4. The summed E-state index contributed by atoms with van der Waals surface area (Å²) in [7, 11) is -3.23. The Balaban J connectivity index is 4.73. The molecule has 0 aromatic heterocycles. The fourth-order valence-corrected chi connectivity index (χ4v) is 3.75. The average Bonchev–Trinajstić information content (AvgIpc) is 2.30. The zero-order chi connectivity index (χ0) is 16.5. The molecule has 0 radical (unpaired) electrons. The molecule has 0 aliphatic heterocycles. The first kappa shape index (κ1) is 21.3. The molecule has 5 heteroatoms. The SMILES string of the molecule is CCCCCC(OO[Si](C)(C)C)C(CCC)O[Si](C)(C)C. The molecule has 0 bridgehead atoms. The largest absolute Gasteiger partial charge is 0.412 e. The molecule has 0 aromatic carbocycles. The molecule has 0 saturated heterocycles. The van der Waals surface area contributed by atoms with Gasteiger partial charge in [-0.25, -0.2) is 4.89 Å². The van der Waals surface area contributed by atoms with Crippen molar-refractivity contribution in [1.29, 1.82) is 0 Å². The molecule has 0 N–H and O–H groups in total. The number of hydrogen-bond donors (Lipinski definition) is 0. The van der Waals surface area contributed by atoms with Gasteiger partial charge >= 0.3 is 0 Å². The lowest BCUT2D eigenvalue weighted by Gasteiger charge is -2.33. The first-order chi connectivity index (χ1) is 9.59. The van der Waals surface area contributed by atoms with E-state index in [4.69, 9.17) is 13.9 Å². The van der Waals surface area contributed by atoms with E-state index in [-0.39, 0.29) is 12.2 Å². The zero-order valence-corrected chi connectivity index (χ0v) is 17.6. The van der Waals surface area contributed by atoms with E-state index < -0.39 is 16.6 Å². The maximum Gasteiger partial charge on any atom is 0.230 e. The molecule has 0 amide bonds. The van der Waals surface area contributed by atoms with Gasteiger partial charge in [-0.05, 0) is 52.1 Å². The molecule has 0 heterocycles. The topological polar surface area (TPSA) is 27.7 Å². The molecule has 0 aliphatic rings. The summed E-state index contributed by atoms with van der Waals surface area (Å²) in [5, 5.41) is 0. The van der Waals surface area contributed by atoms with Gasteiger partial charge in [-0.15, -0.1) is 0 Å². The third-order valence-corrected chi connectivity index (χ3v) is 4.61. The van der Waals surface area contributed by atoms with Gasteiger partial charge in [-0.2, -0.15) is 0 Å². The van der Waals surface area contributed by atoms with Crippen molar-refractivity contribution in [3.8, 4) is 0 Å². The molecule has 0 spiro atoms. The summed E-state index contributed by atoms with van der Waals surface area (Å²) in [5.74, 6) is 0. The first-order valence-corrected chi connectivity index (χ1v) is 15.4. The van der Waals surface area contributed by atoms with E-state index in [1.807, 2.05) is 0 Å².